The van der Waals surface area contributed by atoms with Crippen molar-refractivity contribution in [3.63, 3.8) is 0 Å². The van der Waals surface area contributed by atoms with Crippen molar-refractivity contribution in [1.29, 1.82) is 0 Å². The Labute approximate surface area is 157 Å². The molecule has 0 unspecified atom stereocenters. The monoisotopic (exact) mass is 364 g/mol. The highest BCUT2D eigenvalue weighted by Crippen LogP contribution is 2.19. The summed E-state index contributed by atoms with van der Waals surface area (Å²) in [6, 6.07) is 15.1. The molecule has 138 valence electrons. The number of aromatic nitrogens is 4. The molecule has 0 saturated heterocycles. The van der Waals surface area contributed by atoms with Gasteiger partial charge in [0, 0.05) is 0 Å². The maximum Gasteiger partial charge on any atom is 0.357 e. The summed E-state index contributed by atoms with van der Waals surface area (Å²) in [6.45, 7) is 3.86. The van der Waals surface area contributed by atoms with Crippen molar-refractivity contribution < 1.29 is 14.3 Å². The van der Waals surface area contributed by atoms with Crippen molar-refractivity contribution in [3.05, 3.63) is 71.0 Å². The molecule has 3 aromatic rings. The molecule has 27 heavy (non-hydrogen) atoms. The number of esters is 1. The summed E-state index contributed by atoms with van der Waals surface area (Å²) in [5.74, 6) is 0.651. The van der Waals surface area contributed by atoms with Gasteiger partial charge in [-0.25, -0.2) is 4.79 Å². The lowest BCUT2D eigenvalue weighted by molar-refractivity contribution is -0.138. The number of rotatable bonds is 6. The van der Waals surface area contributed by atoms with Crippen LogP contribution in [0.5, 0.6) is 5.75 Å². The van der Waals surface area contributed by atoms with Crippen LogP contribution < -0.4 is 4.74 Å². The maximum atomic E-state index is 12.8. The van der Waals surface area contributed by atoms with Crippen LogP contribution in [0.4, 0.5) is 0 Å². The van der Waals surface area contributed by atoms with E-state index in [1.54, 1.807) is 20.1 Å². The first-order chi connectivity index (χ1) is 13.1. The predicted molar refractivity (Wildman–Crippen MR) is 101 cm³/mol. The fraction of sp³-hybridized carbons (Fsp3) is 0.200. The smallest absolute Gasteiger partial charge is 0.357 e. The van der Waals surface area contributed by atoms with Gasteiger partial charge < -0.3 is 9.47 Å². The van der Waals surface area contributed by atoms with Crippen LogP contribution in [0.3, 0.4) is 0 Å². The Morgan fingerprint density at radius 2 is 1.96 bits per heavy atom. The van der Waals surface area contributed by atoms with E-state index in [1.165, 1.54) is 4.68 Å². The van der Waals surface area contributed by atoms with Gasteiger partial charge in [-0.3, -0.25) is 0 Å². The third-order valence-corrected chi connectivity index (χ3v) is 4.08. The molecule has 0 amide bonds. The molecule has 0 aliphatic carbocycles. The molecule has 1 heterocycles. The molecule has 0 spiro atoms. The van der Waals surface area contributed by atoms with Crippen LogP contribution in [0.1, 0.15) is 22.5 Å². The lowest BCUT2D eigenvalue weighted by atomic mass is 10.1. The topological polar surface area (TPSA) is 79.1 Å². The van der Waals surface area contributed by atoms with Gasteiger partial charge in [-0.05, 0) is 59.2 Å². The van der Waals surface area contributed by atoms with Gasteiger partial charge in [0.15, 0.2) is 11.5 Å². The van der Waals surface area contributed by atoms with Crippen LogP contribution >= 0.6 is 0 Å². The Morgan fingerprint density at radius 1 is 1.15 bits per heavy atom. The molecule has 0 N–H and O–H groups in total. The SMILES string of the molecule is COc1cccc(/C=C(/C(=O)OCc2ccccc2C)n2nnnc2C)c1. The molecule has 3 rings (SSSR count). The highest BCUT2D eigenvalue weighted by Gasteiger charge is 2.18. The van der Waals surface area contributed by atoms with E-state index < -0.39 is 5.97 Å². The van der Waals surface area contributed by atoms with E-state index in [2.05, 4.69) is 15.5 Å². The van der Waals surface area contributed by atoms with Crippen molar-refractivity contribution in [2.45, 2.75) is 20.5 Å². The van der Waals surface area contributed by atoms with Gasteiger partial charge in [0.2, 0.25) is 0 Å². The predicted octanol–water partition coefficient (Wildman–Crippen LogP) is 3.04. The second kappa shape index (κ2) is 8.27. The quantitative estimate of drug-likeness (QED) is 0.494. The van der Waals surface area contributed by atoms with E-state index in [4.69, 9.17) is 9.47 Å². The Kier molecular flexibility index (Phi) is 5.61. The molecular formula is C20H20N4O3. The van der Waals surface area contributed by atoms with E-state index in [-0.39, 0.29) is 12.3 Å². The third-order valence-electron chi connectivity index (χ3n) is 4.08. The molecule has 7 nitrogen and oxygen atoms in total. The van der Waals surface area contributed by atoms with E-state index in [9.17, 15) is 4.79 Å². The fourth-order valence-corrected chi connectivity index (χ4v) is 2.54. The van der Waals surface area contributed by atoms with Gasteiger partial charge in [0.25, 0.3) is 0 Å². The van der Waals surface area contributed by atoms with Gasteiger partial charge in [-0.1, -0.05) is 36.4 Å². The summed E-state index contributed by atoms with van der Waals surface area (Å²) in [5.41, 5.74) is 2.99. The van der Waals surface area contributed by atoms with Crippen LogP contribution in [-0.2, 0) is 16.1 Å². The number of carbonyl (C=O) groups excluding carboxylic acids is 1. The minimum absolute atomic E-state index is 0.169. The van der Waals surface area contributed by atoms with Crippen LogP contribution in [0.25, 0.3) is 11.8 Å². The van der Waals surface area contributed by atoms with Crippen molar-refractivity contribution >= 4 is 17.7 Å². The second-order valence-electron chi connectivity index (χ2n) is 5.95. The lowest BCUT2D eigenvalue weighted by Crippen LogP contribution is -2.15. The number of nitrogens with zero attached hydrogens (tertiary/aromatic N) is 4. The number of ether oxygens (including phenoxy) is 2. The van der Waals surface area contributed by atoms with E-state index >= 15 is 0 Å². The van der Waals surface area contributed by atoms with E-state index in [0.717, 1.165) is 16.7 Å². The van der Waals surface area contributed by atoms with Crippen LogP contribution in [0.15, 0.2) is 48.5 Å². The summed E-state index contributed by atoms with van der Waals surface area (Å²) < 4.78 is 12.1. The summed E-state index contributed by atoms with van der Waals surface area (Å²) in [6.07, 6.45) is 1.67. The fourth-order valence-electron chi connectivity index (χ4n) is 2.54. The molecule has 0 aliphatic rings. The summed E-state index contributed by atoms with van der Waals surface area (Å²) in [4.78, 5) is 12.8. The maximum absolute atomic E-state index is 12.8. The number of tetrazole rings is 1. The molecule has 0 aliphatic heterocycles. The zero-order valence-electron chi connectivity index (χ0n) is 15.4. The summed E-state index contributed by atoms with van der Waals surface area (Å²) in [5, 5.41) is 11.4. The van der Waals surface area contributed by atoms with Gasteiger partial charge >= 0.3 is 5.97 Å². The molecule has 0 saturated carbocycles. The number of benzene rings is 2. The van der Waals surface area contributed by atoms with Crippen molar-refractivity contribution in [1.82, 2.24) is 20.2 Å². The minimum Gasteiger partial charge on any atom is -0.497 e. The molecule has 0 atom stereocenters. The Bertz CT molecular complexity index is 979. The zero-order chi connectivity index (χ0) is 19.2. The molecule has 1 aromatic heterocycles. The normalized spacial score (nSPS) is 11.3. The molecule has 0 radical (unpaired) electrons. The summed E-state index contributed by atoms with van der Waals surface area (Å²) >= 11 is 0. The van der Waals surface area contributed by atoms with Crippen LogP contribution in [0.2, 0.25) is 0 Å². The number of hydrogen-bond acceptors (Lipinski definition) is 6. The number of methoxy groups -OCH3 is 1. The lowest BCUT2D eigenvalue weighted by Gasteiger charge is -2.10. The van der Waals surface area contributed by atoms with Gasteiger partial charge in [0.1, 0.15) is 12.4 Å². The zero-order valence-corrected chi connectivity index (χ0v) is 15.4. The number of aryl methyl sites for hydroxylation is 2. The average Bonchev–Trinajstić information content (AvgIpc) is 3.11. The molecule has 0 fully saturated rings. The highest BCUT2D eigenvalue weighted by molar-refractivity contribution is 6.15. The first-order valence-electron chi connectivity index (χ1n) is 8.41. The Balaban J connectivity index is 1.90. The summed E-state index contributed by atoms with van der Waals surface area (Å²) in [7, 11) is 1.59. The van der Waals surface area contributed by atoms with Gasteiger partial charge in [-0.2, -0.15) is 4.68 Å². The van der Waals surface area contributed by atoms with Crippen LogP contribution in [0, 0.1) is 13.8 Å². The number of hydrogen-bond donors (Lipinski definition) is 0. The second-order valence-corrected chi connectivity index (χ2v) is 5.95. The number of carbonyl (C=O) groups is 1. The van der Waals surface area contributed by atoms with E-state index in [0.29, 0.717) is 11.6 Å². The van der Waals surface area contributed by atoms with E-state index in [1.807, 2.05) is 55.5 Å². The van der Waals surface area contributed by atoms with Gasteiger partial charge in [0.05, 0.1) is 7.11 Å². The molecule has 7 heteroatoms. The van der Waals surface area contributed by atoms with Gasteiger partial charge in [-0.15, -0.1) is 5.10 Å². The molecule has 2 aromatic carbocycles. The first-order valence-corrected chi connectivity index (χ1v) is 8.41. The third kappa shape index (κ3) is 4.38. The standard InChI is InChI=1S/C20H20N4O3/c1-14-7-4-5-9-17(14)13-27-20(25)19(24-15(2)21-22-23-24)12-16-8-6-10-18(11-16)26-3/h4-12H,13H2,1-3H3/b19-12-. The first kappa shape index (κ1) is 18.3. The van der Waals surface area contributed by atoms with Crippen LogP contribution in [-0.4, -0.2) is 33.3 Å². The Morgan fingerprint density at radius 3 is 2.67 bits per heavy atom. The Hall–Kier alpha value is -3.48. The molecular weight excluding hydrogens is 344 g/mol. The van der Waals surface area contributed by atoms with Crippen molar-refractivity contribution in [2.24, 2.45) is 0 Å². The largest absolute Gasteiger partial charge is 0.497 e. The van der Waals surface area contributed by atoms with Crippen molar-refractivity contribution in [2.75, 3.05) is 7.11 Å². The molecule has 0 bridgehead atoms. The van der Waals surface area contributed by atoms with Crippen molar-refractivity contribution in [3.8, 4) is 5.75 Å². The average molecular weight is 364 g/mol. The highest BCUT2D eigenvalue weighted by atomic mass is 16.5. The minimum atomic E-state index is -0.517.